The Morgan fingerprint density at radius 1 is 1.31 bits per heavy atom. The van der Waals surface area contributed by atoms with Crippen molar-refractivity contribution in [1.29, 1.82) is 5.41 Å². The van der Waals surface area contributed by atoms with E-state index in [1.165, 1.54) is 24.8 Å². The predicted octanol–water partition coefficient (Wildman–Crippen LogP) is 2.58. The van der Waals surface area contributed by atoms with E-state index >= 15 is 0 Å². The molecule has 1 aromatic carbocycles. The second-order valence-electron chi connectivity index (χ2n) is 2.76. The molecule has 0 aliphatic heterocycles. The highest BCUT2D eigenvalue weighted by atomic mass is 14.6. The molecule has 2 nitrogen and oxygen atoms in total. The normalized spacial score (nSPS) is 8.38. The lowest BCUT2D eigenvalue weighted by molar-refractivity contribution is 0.795. The van der Waals surface area contributed by atoms with E-state index in [4.69, 9.17) is 5.41 Å². The number of rotatable bonds is 3. The van der Waals surface area contributed by atoms with Crippen LogP contribution in [0.1, 0.15) is 25.3 Å². The molecule has 0 aromatic heterocycles. The molecular weight excluding hydrogens is 160 g/mol. The smallest absolute Gasteiger partial charge is 0.0765 e. The maximum absolute atomic E-state index is 5.86. The number of nitrogens with one attached hydrogen (secondary N) is 1. The molecule has 0 saturated heterocycles. The van der Waals surface area contributed by atoms with Gasteiger partial charge in [0.2, 0.25) is 0 Å². The zero-order valence-electron chi connectivity index (χ0n) is 8.16. The van der Waals surface area contributed by atoms with Gasteiger partial charge in [-0.1, -0.05) is 43.7 Å². The van der Waals surface area contributed by atoms with E-state index in [1.54, 1.807) is 0 Å². The first-order valence-corrected chi connectivity index (χ1v) is 4.59. The van der Waals surface area contributed by atoms with Crippen molar-refractivity contribution in [2.45, 2.75) is 26.2 Å². The molecule has 13 heavy (non-hydrogen) atoms. The van der Waals surface area contributed by atoms with Gasteiger partial charge in [0, 0.05) is 0 Å². The molecule has 0 aliphatic carbocycles. The third-order valence-electron chi connectivity index (χ3n) is 1.66. The quantitative estimate of drug-likeness (QED) is 0.542. The van der Waals surface area contributed by atoms with Crippen LogP contribution in [0.2, 0.25) is 0 Å². The Kier molecular flexibility index (Phi) is 7.90. The van der Waals surface area contributed by atoms with Gasteiger partial charge in [-0.25, -0.2) is 0 Å². The largest absolute Gasteiger partial charge is 0.390 e. The van der Waals surface area contributed by atoms with E-state index in [9.17, 15) is 0 Å². The van der Waals surface area contributed by atoms with Crippen molar-refractivity contribution in [2.24, 2.45) is 5.73 Å². The van der Waals surface area contributed by atoms with Crippen LogP contribution >= 0.6 is 0 Å². The van der Waals surface area contributed by atoms with Crippen LogP contribution in [0.4, 0.5) is 0 Å². The van der Waals surface area contributed by atoms with Crippen LogP contribution in [0.25, 0.3) is 0 Å². The van der Waals surface area contributed by atoms with Crippen LogP contribution in [0.3, 0.4) is 0 Å². The lowest BCUT2D eigenvalue weighted by Crippen LogP contribution is -1.81. The average molecular weight is 178 g/mol. The maximum atomic E-state index is 5.86. The van der Waals surface area contributed by atoms with Crippen molar-refractivity contribution in [3.63, 3.8) is 0 Å². The third-order valence-corrected chi connectivity index (χ3v) is 1.66. The standard InChI is InChI=1S/C10H14.CH4N2/c1-2-3-7-10-8-5-4-6-9-10;2-1-3/h4-6,8-9H,2-3,7H2,1H3;1H,(H3,2,3). The monoisotopic (exact) mass is 178 g/mol. The molecule has 1 aromatic rings. The molecular formula is C11H18N2. The number of unbranched alkanes of at least 4 members (excludes halogenated alkanes) is 1. The van der Waals surface area contributed by atoms with Gasteiger partial charge in [-0.15, -0.1) is 0 Å². The minimum atomic E-state index is 0.750. The Balaban J connectivity index is 0.000000424. The van der Waals surface area contributed by atoms with Crippen molar-refractivity contribution in [2.75, 3.05) is 0 Å². The molecule has 3 N–H and O–H groups in total. The molecule has 0 fully saturated rings. The lowest BCUT2D eigenvalue weighted by atomic mass is 10.1. The molecule has 72 valence electrons. The van der Waals surface area contributed by atoms with Crippen molar-refractivity contribution in [1.82, 2.24) is 0 Å². The summed E-state index contributed by atoms with van der Waals surface area (Å²) in [6, 6.07) is 10.6. The zero-order chi connectivity index (χ0) is 9.94. The van der Waals surface area contributed by atoms with E-state index in [2.05, 4.69) is 43.0 Å². The highest BCUT2D eigenvalue weighted by molar-refractivity contribution is 5.46. The fraction of sp³-hybridized carbons (Fsp3) is 0.364. The molecule has 2 heteroatoms. The van der Waals surface area contributed by atoms with E-state index in [-0.39, 0.29) is 0 Å². The van der Waals surface area contributed by atoms with Gasteiger partial charge in [-0.05, 0) is 18.4 Å². The van der Waals surface area contributed by atoms with Crippen molar-refractivity contribution < 1.29 is 0 Å². The average Bonchev–Trinajstić information content (AvgIpc) is 2.18. The summed E-state index contributed by atoms with van der Waals surface area (Å²) in [6.07, 6.45) is 4.58. The number of aryl methyl sites for hydroxylation is 1. The summed E-state index contributed by atoms with van der Waals surface area (Å²) in [5.41, 5.74) is 5.85. The molecule has 0 atom stereocenters. The van der Waals surface area contributed by atoms with Gasteiger partial charge in [0.1, 0.15) is 0 Å². The first-order valence-electron chi connectivity index (χ1n) is 4.59. The summed E-state index contributed by atoms with van der Waals surface area (Å²) < 4.78 is 0. The minimum absolute atomic E-state index is 0.750. The molecule has 0 heterocycles. The fourth-order valence-corrected chi connectivity index (χ4v) is 1.03. The first-order chi connectivity index (χ1) is 6.35. The molecule has 0 radical (unpaired) electrons. The molecule has 0 aliphatic rings. The fourth-order valence-electron chi connectivity index (χ4n) is 1.03. The third kappa shape index (κ3) is 7.06. The zero-order valence-corrected chi connectivity index (χ0v) is 8.16. The second-order valence-corrected chi connectivity index (χ2v) is 2.76. The van der Waals surface area contributed by atoms with Crippen LogP contribution in [0, 0.1) is 5.41 Å². The van der Waals surface area contributed by atoms with Gasteiger partial charge in [0.05, 0.1) is 6.34 Å². The molecule has 0 saturated carbocycles. The predicted molar refractivity (Wildman–Crippen MR) is 58.0 cm³/mol. The van der Waals surface area contributed by atoms with Gasteiger partial charge in [0.15, 0.2) is 0 Å². The van der Waals surface area contributed by atoms with Crippen LogP contribution in [0.15, 0.2) is 30.3 Å². The summed E-state index contributed by atoms with van der Waals surface area (Å²) in [5, 5.41) is 5.86. The molecule has 0 unspecified atom stereocenters. The van der Waals surface area contributed by atoms with Gasteiger partial charge < -0.3 is 5.73 Å². The van der Waals surface area contributed by atoms with Crippen LogP contribution < -0.4 is 5.73 Å². The number of hydrogen-bond donors (Lipinski definition) is 2. The minimum Gasteiger partial charge on any atom is -0.390 e. The Morgan fingerprint density at radius 3 is 2.31 bits per heavy atom. The Morgan fingerprint density at radius 2 is 1.85 bits per heavy atom. The van der Waals surface area contributed by atoms with Crippen LogP contribution in [0.5, 0.6) is 0 Å². The Hall–Kier alpha value is -1.31. The molecule has 0 spiro atoms. The summed E-state index contributed by atoms with van der Waals surface area (Å²) in [7, 11) is 0. The first kappa shape index (κ1) is 11.7. The van der Waals surface area contributed by atoms with E-state index in [1.807, 2.05) is 0 Å². The van der Waals surface area contributed by atoms with Crippen molar-refractivity contribution in [3.05, 3.63) is 35.9 Å². The Bertz CT molecular complexity index is 207. The van der Waals surface area contributed by atoms with Crippen molar-refractivity contribution in [3.8, 4) is 0 Å². The lowest BCUT2D eigenvalue weighted by Gasteiger charge is -1.96. The SMILES string of the molecule is CCCCc1ccccc1.N=CN. The highest BCUT2D eigenvalue weighted by Crippen LogP contribution is 2.03. The number of hydrogen-bond acceptors (Lipinski definition) is 1. The second kappa shape index (κ2) is 8.78. The molecule has 0 bridgehead atoms. The topological polar surface area (TPSA) is 49.9 Å². The summed E-state index contributed by atoms with van der Waals surface area (Å²) in [6.45, 7) is 2.23. The van der Waals surface area contributed by atoms with Crippen LogP contribution in [-0.2, 0) is 6.42 Å². The highest BCUT2D eigenvalue weighted by Gasteiger charge is 1.87. The number of nitrogens with two attached hydrogens (primary N) is 1. The Labute approximate surface area is 80.3 Å². The van der Waals surface area contributed by atoms with E-state index < -0.39 is 0 Å². The summed E-state index contributed by atoms with van der Waals surface area (Å²) in [4.78, 5) is 0. The van der Waals surface area contributed by atoms with Crippen LogP contribution in [-0.4, -0.2) is 6.34 Å². The van der Waals surface area contributed by atoms with Gasteiger partial charge in [-0.2, -0.15) is 0 Å². The van der Waals surface area contributed by atoms with E-state index in [0.717, 1.165) is 6.34 Å². The van der Waals surface area contributed by atoms with Gasteiger partial charge in [-0.3, -0.25) is 5.41 Å². The molecule has 0 amide bonds. The van der Waals surface area contributed by atoms with Crippen molar-refractivity contribution >= 4 is 6.34 Å². The van der Waals surface area contributed by atoms with Gasteiger partial charge in [0.25, 0.3) is 0 Å². The summed E-state index contributed by atoms with van der Waals surface area (Å²) >= 11 is 0. The van der Waals surface area contributed by atoms with E-state index in [0.29, 0.717) is 0 Å². The maximum Gasteiger partial charge on any atom is 0.0765 e. The summed E-state index contributed by atoms with van der Waals surface area (Å²) in [5.74, 6) is 0. The van der Waals surface area contributed by atoms with Gasteiger partial charge >= 0.3 is 0 Å². The molecule has 1 rings (SSSR count). The number of benzene rings is 1.